The molecule has 1 aromatic heterocycles. The van der Waals surface area contributed by atoms with Crippen molar-refractivity contribution in [2.24, 2.45) is 0 Å². The number of aromatic nitrogens is 1. The van der Waals surface area contributed by atoms with Crippen molar-refractivity contribution in [1.82, 2.24) is 4.57 Å². The summed E-state index contributed by atoms with van der Waals surface area (Å²) in [6.45, 7) is 5.24. The van der Waals surface area contributed by atoms with Crippen LogP contribution < -0.4 is 5.43 Å². The molecule has 120 valence electrons. The van der Waals surface area contributed by atoms with Crippen molar-refractivity contribution in [2.45, 2.75) is 26.5 Å². The van der Waals surface area contributed by atoms with Crippen molar-refractivity contribution in [1.29, 1.82) is 0 Å². The summed E-state index contributed by atoms with van der Waals surface area (Å²) in [6.07, 6.45) is 1.41. The van der Waals surface area contributed by atoms with Gasteiger partial charge in [-0.2, -0.15) is 0 Å². The van der Waals surface area contributed by atoms with Crippen LogP contribution in [-0.4, -0.2) is 23.1 Å². The van der Waals surface area contributed by atoms with Gasteiger partial charge in [-0.25, -0.2) is 9.59 Å². The summed E-state index contributed by atoms with van der Waals surface area (Å²) in [6, 6.07) is 3.33. The molecule has 0 saturated heterocycles. The maximum atomic E-state index is 12.7. The van der Waals surface area contributed by atoms with E-state index in [1.807, 2.05) is 22.6 Å². The van der Waals surface area contributed by atoms with E-state index in [-0.39, 0.29) is 12.2 Å². The molecule has 0 N–H and O–H groups in total. The van der Waals surface area contributed by atoms with E-state index in [1.165, 1.54) is 6.20 Å². The number of cyclic esters (lactones) is 1. The Hall–Kier alpha value is -1.90. The largest absolute Gasteiger partial charge is 0.462 e. The average molecular weight is 427 g/mol. The first-order chi connectivity index (χ1) is 10.8. The highest BCUT2D eigenvalue weighted by Crippen LogP contribution is 2.33. The van der Waals surface area contributed by atoms with Gasteiger partial charge in [0.1, 0.15) is 5.56 Å². The van der Waals surface area contributed by atoms with Crippen LogP contribution >= 0.6 is 22.6 Å². The Balaban J connectivity index is 2.47. The van der Waals surface area contributed by atoms with E-state index < -0.39 is 23.1 Å². The summed E-state index contributed by atoms with van der Waals surface area (Å²) in [7, 11) is 0. The Morgan fingerprint density at radius 3 is 2.70 bits per heavy atom. The molecular weight excluding hydrogens is 413 g/mol. The molecule has 2 aromatic rings. The lowest BCUT2D eigenvalue weighted by Crippen LogP contribution is -2.39. The first kappa shape index (κ1) is 16.0. The minimum atomic E-state index is -1.01. The van der Waals surface area contributed by atoms with Gasteiger partial charge in [-0.05, 0) is 55.5 Å². The van der Waals surface area contributed by atoms with Gasteiger partial charge in [-0.3, -0.25) is 4.79 Å². The molecule has 1 aliphatic rings. The monoisotopic (exact) mass is 427 g/mol. The Bertz CT molecular complexity index is 913. The van der Waals surface area contributed by atoms with E-state index in [9.17, 15) is 14.4 Å². The van der Waals surface area contributed by atoms with E-state index in [4.69, 9.17) is 9.47 Å². The third-order valence-electron chi connectivity index (χ3n) is 3.70. The summed E-state index contributed by atoms with van der Waals surface area (Å²) in [5, 5.41) is 0.308. The van der Waals surface area contributed by atoms with Crippen LogP contribution in [0.5, 0.6) is 0 Å². The van der Waals surface area contributed by atoms with Gasteiger partial charge in [-0.1, -0.05) is 0 Å². The fraction of sp³-hybridized carbons (Fsp3) is 0.312. The van der Waals surface area contributed by atoms with Crippen molar-refractivity contribution in [3.05, 3.63) is 43.2 Å². The lowest BCUT2D eigenvalue weighted by atomic mass is 10.0. The van der Waals surface area contributed by atoms with Crippen LogP contribution in [0.4, 0.5) is 0 Å². The number of hydrogen-bond acceptors (Lipinski definition) is 5. The molecule has 0 saturated carbocycles. The van der Waals surface area contributed by atoms with E-state index in [0.717, 1.165) is 0 Å². The molecule has 0 bridgehead atoms. The van der Waals surface area contributed by atoms with Crippen molar-refractivity contribution < 1.29 is 19.1 Å². The number of rotatable bonds is 2. The fourth-order valence-corrected chi connectivity index (χ4v) is 3.32. The third-order valence-corrected chi connectivity index (χ3v) is 4.32. The molecule has 6 nitrogen and oxygen atoms in total. The van der Waals surface area contributed by atoms with E-state index in [1.54, 1.807) is 37.5 Å². The van der Waals surface area contributed by atoms with E-state index >= 15 is 0 Å². The summed E-state index contributed by atoms with van der Waals surface area (Å²) in [4.78, 5) is 37.0. The third kappa shape index (κ3) is 2.43. The maximum absolute atomic E-state index is 12.7. The molecule has 0 spiro atoms. The van der Waals surface area contributed by atoms with Crippen LogP contribution in [0.2, 0.25) is 0 Å². The first-order valence-corrected chi connectivity index (χ1v) is 8.14. The molecule has 0 unspecified atom stereocenters. The highest BCUT2D eigenvalue weighted by Gasteiger charge is 2.35. The number of carbonyl (C=O) groups is 2. The molecule has 0 amide bonds. The van der Waals surface area contributed by atoms with Crippen LogP contribution in [0, 0.1) is 3.57 Å². The smallest absolute Gasteiger partial charge is 0.343 e. The maximum Gasteiger partial charge on any atom is 0.343 e. The standard InChI is InChI=1S/C16H14INO5/c1-4-22-14(20)11-7-18-12-9(13(11)19)5-8(17)6-10(12)15(21)23-16(18,2)3/h5-7H,4H2,1-3H3. The normalized spacial score (nSPS) is 15.4. The average Bonchev–Trinajstić information content (AvgIpc) is 2.45. The molecule has 0 fully saturated rings. The summed E-state index contributed by atoms with van der Waals surface area (Å²) in [5.41, 5.74) is -0.730. The molecule has 1 aromatic carbocycles. The van der Waals surface area contributed by atoms with E-state index in [0.29, 0.717) is 20.0 Å². The van der Waals surface area contributed by atoms with Gasteiger partial charge < -0.3 is 14.0 Å². The molecule has 7 heteroatoms. The molecule has 2 heterocycles. The number of esters is 2. The van der Waals surface area contributed by atoms with Gasteiger partial charge in [0.2, 0.25) is 5.43 Å². The molecule has 0 atom stereocenters. The van der Waals surface area contributed by atoms with Crippen LogP contribution in [0.15, 0.2) is 23.1 Å². The zero-order valence-corrected chi connectivity index (χ0v) is 15.0. The van der Waals surface area contributed by atoms with Gasteiger partial charge in [0.25, 0.3) is 0 Å². The minimum absolute atomic E-state index is 0.0710. The molecule has 23 heavy (non-hydrogen) atoms. The first-order valence-electron chi connectivity index (χ1n) is 7.06. The predicted octanol–water partition coefficient (Wildman–Crippen LogP) is 2.65. The molecule has 0 aliphatic carbocycles. The Morgan fingerprint density at radius 2 is 2.04 bits per heavy atom. The molecule has 3 rings (SSSR count). The Morgan fingerprint density at radius 1 is 1.35 bits per heavy atom. The number of ether oxygens (including phenoxy) is 2. The van der Waals surface area contributed by atoms with E-state index in [2.05, 4.69) is 0 Å². The van der Waals surface area contributed by atoms with Crippen LogP contribution in [-0.2, 0) is 15.2 Å². The number of carbonyl (C=O) groups excluding carboxylic acids is 2. The van der Waals surface area contributed by atoms with Gasteiger partial charge >= 0.3 is 11.9 Å². The molecule has 1 aliphatic heterocycles. The lowest BCUT2D eigenvalue weighted by Gasteiger charge is -2.34. The number of pyridine rings is 1. The summed E-state index contributed by atoms with van der Waals surface area (Å²) in [5.74, 6) is -1.17. The Labute approximate surface area is 145 Å². The highest BCUT2D eigenvalue weighted by molar-refractivity contribution is 14.1. The number of nitrogens with zero attached hydrogens (tertiary/aromatic N) is 1. The lowest BCUT2D eigenvalue weighted by molar-refractivity contribution is -0.0443. The fourth-order valence-electron chi connectivity index (χ4n) is 2.69. The zero-order valence-electron chi connectivity index (χ0n) is 12.8. The van der Waals surface area contributed by atoms with Crippen molar-refractivity contribution in [3.8, 4) is 0 Å². The van der Waals surface area contributed by atoms with Crippen molar-refractivity contribution >= 4 is 45.4 Å². The second-order valence-corrected chi connectivity index (χ2v) is 6.89. The van der Waals surface area contributed by atoms with Crippen LogP contribution in [0.25, 0.3) is 10.9 Å². The topological polar surface area (TPSA) is 74.6 Å². The van der Waals surface area contributed by atoms with Crippen molar-refractivity contribution in [2.75, 3.05) is 6.61 Å². The van der Waals surface area contributed by atoms with Gasteiger partial charge in [0.15, 0.2) is 5.72 Å². The molecular formula is C16H14INO5. The van der Waals surface area contributed by atoms with Crippen LogP contribution in [0.3, 0.4) is 0 Å². The van der Waals surface area contributed by atoms with Gasteiger partial charge in [0, 0.05) is 15.2 Å². The summed E-state index contributed by atoms with van der Waals surface area (Å²) >= 11 is 2.02. The predicted molar refractivity (Wildman–Crippen MR) is 91.6 cm³/mol. The van der Waals surface area contributed by atoms with Crippen molar-refractivity contribution in [3.63, 3.8) is 0 Å². The quantitative estimate of drug-likeness (QED) is 0.545. The summed E-state index contributed by atoms with van der Waals surface area (Å²) < 4.78 is 12.8. The SMILES string of the molecule is CCOC(=O)c1cn2c3c(cc(I)cc3c1=O)C(=O)OC2(C)C. The number of halogens is 1. The number of benzene rings is 1. The van der Waals surface area contributed by atoms with Gasteiger partial charge in [0.05, 0.1) is 17.7 Å². The second-order valence-electron chi connectivity index (χ2n) is 5.65. The number of hydrogen-bond donors (Lipinski definition) is 0. The zero-order chi connectivity index (χ0) is 16.9. The highest BCUT2D eigenvalue weighted by atomic mass is 127. The van der Waals surface area contributed by atoms with Crippen LogP contribution in [0.1, 0.15) is 41.5 Å². The van der Waals surface area contributed by atoms with Gasteiger partial charge in [-0.15, -0.1) is 0 Å². The molecule has 0 radical (unpaired) electrons. The second kappa shape index (κ2) is 5.33. The minimum Gasteiger partial charge on any atom is -0.462 e. The Kier molecular flexibility index (Phi) is 3.70.